The Morgan fingerprint density at radius 1 is 1.57 bits per heavy atom. The Balaban J connectivity index is 0.00000220. The summed E-state index contributed by atoms with van der Waals surface area (Å²) in [5.74, 6) is -0.380. The zero-order valence-electron chi connectivity index (χ0n) is 12.6. The fraction of sp³-hybridized carbons (Fsp3) is 0.200. The van der Waals surface area contributed by atoms with E-state index in [-0.39, 0.29) is 73.2 Å². The second-order valence-corrected chi connectivity index (χ2v) is 4.60. The first-order chi connectivity index (χ1) is 9.49. The Kier molecular flexibility index (Phi) is 8.71. The summed E-state index contributed by atoms with van der Waals surface area (Å²) in [6, 6.07) is 9.84. The van der Waals surface area contributed by atoms with Gasteiger partial charge in [0.05, 0.1) is 16.8 Å². The molecular weight excluding hydrogens is 549 g/mol. The number of amides is 1. The van der Waals surface area contributed by atoms with Crippen molar-refractivity contribution in [2.75, 3.05) is 0 Å². The molecule has 1 unspecified atom stereocenters. The standard InChI is InChI=1S/C15H13ClN2O.U.V/c1-10-8-13(16)14(17-9-10)11(2)18-15(19)12-6-4-3-5-7-12;;/h4-6,8-9,11H,1-2H3,(H,18,19);;/q-2;;/i6T;;. The number of rotatable bonds is 3. The molecule has 2 aromatic rings. The first kappa shape index (κ1) is 18.8. The van der Waals surface area contributed by atoms with E-state index in [1.54, 1.807) is 19.2 Å². The molecule has 0 spiro atoms. The molecule has 107 valence electrons. The molecule has 21 heavy (non-hydrogen) atoms. The molecule has 1 amide bonds. The third kappa shape index (κ3) is 5.81. The number of hydrogen-bond donors (Lipinski definition) is 1. The van der Waals surface area contributed by atoms with Crippen molar-refractivity contribution in [3.8, 4) is 0 Å². The van der Waals surface area contributed by atoms with Gasteiger partial charge in [-0.2, -0.15) is 5.56 Å². The van der Waals surface area contributed by atoms with Crippen LogP contribution in [0.5, 0.6) is 0 Å². The molecule has 0 bridgehead atoms. The number of halogens is 1. The SMILES string of the molecule is [3H]c1c[c-]c[c-]c1C(=O)NC(C)c1ncc(C)cc1Cl.[U].[V]. The normalized spacial score (nSPS) is 11.5. The Morgan fingerprint density at radius 2 is 2.29 bits per heavy atom. The summed E-state index contributed by atoms with van der Waals surface area (Å²) in [6.07, 6.45) is 1.70. The largest absolute Gasteiger partial charge is 0.359 e. The van der Waals surface area contributed by atoms with Crippen molar-refractivity contribution in [1.29, 1.82) is 0 Å². The van der Waals surface area contributed by atoms with Crippen LogP contribution >= 0.6 is 11.6 Å². The molecule has 0 fully saturated rings. The van der Waals surface area contributed by atoms with Gasteiger partial charge in [0.2, 0.25) is 5.91 Å². The molecule has 1 heterocycles. The topological polar surface area (TPSA) is 42.0 Å². The molecule has 1 aromatic heterocycles. The van der Waals surface area contributed by atoms with E-state index >= 15 is 0 Å². The molecule has 1 N–H and O–H groups in total. The molecule has 0 aliphatic carbocycles. The Hall–Kier alpha value is -0.234. The van der Waals surface area contributed by atoms with E-state index in [2.05, 4.69) is 22.4 Å². The molecule has 0 aliphatic heterocycles. The van der Waals surface area contributed by atoms with Crippen LogP contribution in [0.25, 0.3) is 0 Å². The third-order valence-corrected chi connectivity index (χ3v) is 2.89. The first-order valence-electron chi connectivity index (χ1n) is 6.30. The number of hydrogen-bond acceptors (Lipinski definition) is 2. The smallest absolute Gasteiger partial charge is 0.204 e. The van der Waals surface area contributed by atoms with Crippen molar-refractivity contribution in [1.82, 2.24) is 10.3 Å². The van der Waals surface area contributed by atoms with E-state index in [1.807, 2.05) is 6.92 Å². The maximum atomic E-state index is 12.1. The summed E-state index contributed by atoms with van der Waals surface area (Å²) >= 11 is 6.12. The van der Waals surface area contributed by atoms with Crippen LogP contribution in [0, 0.1) is 50.2 Å². The van der Waals surface area contributed by atoms with Gasteiger partial charge in [-0.15, -0.1) is 1.37 Å². The number of pyridine rings is 1. The molecule has 0 saturated carbocycles. The average molecular weight is 564 g/mol. The monoisotopic (exact) mass is 563 g/mol. The van der Waals surface area contributed by atoms with Crippen molar-refractivity contribution in [3.05, 3.63) is 64.4 Å². The van der Waals surface area contributed by atoms with Crippen LogP contribution in [-0.4, -0.2) is 10.9 Å². The van der Waals surface area contributed by atoms with E-state index < -0.39 is 0 Å². The van der Waals surface area contributed by atoms with Crippen LogP contribution in [-0.2, 0) is 18.6 Å². The first-order valence-corrected chi connectivity index (χ1v) is 6.18. The van der Waals surface area contributed by atoms with E-state index in [1.165, 1.54) is 12.1 Å². The minimum atomic E-state index is -0.380. The predicted molar refractivity (Wildman–Crippen MR) is 74.0 cm³/mol. The summed E-state index contributed by atoms with van der Waals surface area (Å²) < 4.78 is 7.66. The minimum Gasteiger partial charge on any atom is -0.359 e. The maximum Gasteiger partial charge on any atom is 0.204 e. The van der Waals surface area contributed by atoms with Gasteiger partial charge in [-0.25, -0.2) is 0 Å². The third-order valence-electron chi connectivity index (χ3n) is 2.59. The van der Waals surface area contributed by atoms with Gasteiger partial charge >= 0.3 is 0 Å². The second kappa shape index (κ2) is 9.72. The number of benzene rings is 1. The second-order valence-electron chi connectivity index (χ2n) is 4.19. The summed E-state index contributed by atoms with van der Waals surface area (Å²) in [6.45, 7) is 3.69. The van der Waals surface area contributed by atoms with Gasteiger partial charge in [0.15, 0.2) is 0 Å². The van der Waals surface area contributed by atoms with E-state index in [9.17, 15) is 4.79 Å². The number of nitrogens with one attached hydrogen (secondary N) is 1. The molecule has 6 heteroatoms. The summed E-state index contributed by atoms with van der Waals surface area (Å²) in [5.41, 5.74) is 1.73. The summed E-state index contributed by atoms with van der Waals surface area (Å²) in [4.78, 5) is 16.3. The molecule has 0 aliphatic rings. The molecule has 1 aromatic carbocycles. The van der Waals surface area contributed by atoms with Crippen molar-refractivity contribution in [3.63, 3.8) is 0 Å². The van der Waals surface area contributed by atoms with Crippen LogP contribution in [0.3, 0.4) is 0 Å². The summed E-state index contributed by atoms with van der Waals surface area (Å²) in [7, 11) is 0. The molecule has 1 radical (unpaired) electrons. The summed E-state index contributed by atoms with van der Waals surface area (Å²) in [5, 5.41) is 3.27. The van der Waals surface area contributed by atoms with Gasteiger partial charge in [0.25, 0.3) is 0 Å². The number of carbonyl (C=O) groups is 1. The average Bonchev–Trinajstić information content (AvgIpc) is 2.38. The molecule has 1 atom stereocenters. The Bertz CT molecular complexity index is 657. The van der Waals surface area contributed by atoms with Crippen LogP contribution in [0.15, 0.2) is 30.4 Å². The fourth-order valence-corrected chi connectivity index (χ4v) is 2.03. The van der Waals surface area contributed by atoms with Gasteiger partial charge in [-0.1, -0.05) is 11.6 Å². The van der Waals surface area contributed by atoms with Gasteiger partial charge in [-0.05, 0) is 25.5 Å². The number of aromatic nitrogens is 1. The zero-order chi connectivity index (χ0) is 14.7. The van der Waals surface area contributed by atoms with E-state index in [0.29, 0.717) is 10.7 Å². The molecule has 2 rings (SSSR count). The maximum absolute atomic E-state index is 12.1. The van der Waals surface area contributed by atoms with Gasteiger partial charge < -0.3 is 23.5 Å². The molecule has 3 nitrogen and oxygen atoms in total. The van der Waals surface area contributed by atoms with Crippen LogP contribution in [0.4, 0.5) is 0 Å². The van der Waals surface area contributed by atoms with Crippen LogP contribution in [0.1, 0.15) is 36.0 Å². The van der Waals surface area contributed by atoms with Crippen LogP contribution in [0.2, 0.25) is 5.02 Å². The number of nitrogens with zero attached hydrogens (tertiary/aromatic N) is 1. The van der Waals surface area contributed by atoms with Crippen LogP contribution < -0.4 is 5.32 Å². The number of carbonyl (C=O) groups excluding carboxylic acids is 1. The van der Waals surface area contributed by atoms with Crippen molar-refractivity contribution >= 4 is 17.5 Å². The van der Waals surface area contributed by atoms with Gasteiger partial charge in [-0.3, -0.25) is 21.9 Å². The van der Waals surface area contributed by atoms with E-state index in [0.717, 1.165) is 5.56 Å². The number of aryl methyl sites for hydroxylation is 1. The quantitative estimate of drug-likeness (QED) is 0.584. The Labute approximate surface area is 166 Å². The zero-order valence-corrected chi connectivity index (χ0v) is 17.9. The van der Waals surface area contributed by atoms with E-state index in [4.69, 9.17) is 13.0 Å². The fourth-order valence-electron chi connectivity index (χ4n) is 1.64. The molecule has 0 saturated heterocycles. The van der Waals surface area contributed by atoms with Crippen molar-refractivity contribution < 1.29 is 55.8 Å². The predicted octanol–water partition coefficient (Wildman–Crippen LogP) is 3.13. The minimum absolute atomic E-state index is 0. The van der Waals surface area contributed by atoms with Gasteiger partial charge in [0.1, 0.15) is 0 Å². The van der Waals surface area contributed by atoms with Gasteiger partial charge in [0, 0.05) is 55.9 Å². The Morgan fingerprint density at radius 3 is 2.90 bits per heavy atom. The molecular formula is C15H13ClN2OUV-2. The van der Waals surface area contributed by atoms with Crippen molar-refractivity contribution in [2.45, 2.75) is 19.9 Å². The van der Waals surface area contributed by atoms with Crippen molar-refractivity contribution in [2.24, 2.45) is 0 Å².